The summed E-state index contributed by atoms with van der Waals surface area (Å²) in [4.78, 5) is 34.2. The maximum absolute atomic E-state index is 12.1. The van der Waals surface area contributed by atoms with Gasteiger partial charge in [0.2, 0.25) is 11.8 Å². The van der Waals surface area contributed by atoms with Crippen LogP contribution >= 0.6 is 0 Å². The van der Waals surface area contributed by atoms with E-state index < -0.39 is 0 Å². The number of nitrogens with one attached hydrogen (secondary N) is 1. The van der Waals surface area contributed by atoms with Crippen molar-refractivity contribution in [1.82, 2.24) is 9.97 Å². The summed E-state index contributed by atoms with van der Waals surface area (Å²) in [6, 6.07) is 7.46. The van der Waals surface area contributed by atoms with Crippen molar-refractivity contribution in [3.63, 3.8) is 0 Å². The fraction of sp³-hybridized carbons (Fsp3) is 0.368. The highest BCUT2D eigenvalue weighted by Gasteiger charge is 2.24. The van der Waals surface area contributed by atoms with Gasteiger partial charge >= 0.3 is 0 Å². The van der Waals surface area contributed by atoms with Gasteiger partial charge in [0.15, 0.2) is 0 Å². The number of pyridine rings is 2. The molecule has 3 rings (SSSR count). The second-order valence-corrected chi connectivity index (χ2v) is 6.63. The van der Waals surface area contributed by atoms with Crippen molar-refractivity contribution < 1.29 is 9.59 Å². The molecule has 7 heteroatoms. The van der Waals surface area contributed by atoms with E-state index in [1.165, 1.54) is 0 Å². The fourth-order valence-electron chi connectivity index (χ4n) is 3.06. The van der Waals surface area contributed by atoms with E-state index in [9.17, 15) is 9.59 Å². The molecule has 1 aliphatic rings. The van der Waals surface area contributed by atoms with Crippen molar-refractivity contribution in [2.75, 3.05) is 23.3 Å². The van der Waals surface area contributed by atoms with Gasteiger partial charge in [0.1, 0.15) is 5.82 Å². The topological polar surface area (TPSA) is 101 Å². The number of aryl methyl sites for hydroxylation is 1. The molecule has 1 atom stereocenters. The molecular formula is C19H23N5O2. The molecule has 1 fully saturated rings. The van der Waals surface area contributed by atoms with E-state index in [4.69, 9.17) is 5.73 Å². The van der Waals surface area contributed by atoms with Crippen LogP contribution in [0, 0.1) is 12.8 Å². The lowest BCUT2D eigenvalue weighted by Gasteiger charge is -2.32. The predicted molar refractivity (Wildman–Crippen MR) is 99.7 cm³/mol. The Balaban J connectivity index is 1.58. The third-order valence-electron chi connectivity index (χ3n) is 4.52. The summed E-state index contributed by atoms with van der Waals surface area (Å²) in [6.45, 7) is 3.35. The molecule has 0 saturated carbocycles. The summed E-state index contributed by atoms with van der Waals surface area (Å²) >= 11 is 0. The molecule has 2 aromatic rings. The standard InChI is InChI=1S/C19H23N5O2/c1-13-4-5-14(10-21-13)9-18(25)23-16-6-7-17(22-11-16)24-8-2-3-15(12-24)19(20)26/h4-7,10-11,15H,2-3,8-9,12H2,1H3,(H2,20,26)(H,23,25). The minimum absolute atomic E-state index is 0.114. The van der Waals surface area contributed by atoms with E-state index in [2.05, 4.69) is 20.2 Å². The number of nitrogens with two attached hydrogens (primary N) is 1. The van der Waals surface area contributed by atoms with Gasteiger partial charge in [-0.25, -0.2) is 4.98 Å². The maximum atomic E-state index is 12.1. The molecule has 2 amide bonds. The summed E-state index contributed by atoms with van der Waals surface area (Å²) in [5, 5.41) is 2.84. The van der Waals surface area contributed by atoms with E-state index in [-0.39, 0.29) is 24.2 Å². The number of amides is 2. The number of carbonyl (C=O) groups excluding carboxylic acids is 2. The molecule has 0 radical (unpaired) electrons. The minimum atomic E-state index is -0.260. The van der Waals surface area contributed by atoms with Crippen molar-refractivity contribution in [1.29, 1.82) is 0 Å². The first-order valence-corrected chi connectivity index (χ1v) is 8.73. The third kappa shape index (κ3) is 4.56. The van der Waals surface area contributed by atoms with E-state index in [1.807, 2.05) is 31.2 Å². The zero-order valence-corrected chi connectivity index (χ0v) is 14.8. The SMILES string of the molecule is Cc1ccc(CC(=O)Nc2ccc(N3CCCC(C(N)=O)C3)nc2)cn1. The van der Waals surface area contributed by atoms with Crippen LogP contribution in [0.3, 0.4) is 0 Å². The number of primary amides is 1. The van der Waals surface area contributed by atoms with Crippen LogP contribution < -0.4 is 16.0 Å². The lowest BCUT2D eigenvalue weighted by Crippen LogP contribution is -2.41. The van der Waals surface area contributed by atoms with Gasteiger partial charge in [0.05, 0.1) is 24.2 Å². The van der Waals surface area contributed by atoms with Crippen LogP contribution in [0.15, 0.2) is 36.7 Å². The summed E-state index contributed by atoms with van der Waals surface area (Å²) in [5.74, 6) is 0.283. The Hall–Kier alpha value is -2.96. The van der Waals surface area contributed by atoms with Gasteiger partial charge in [-0.1, -0.05) is 6.07 Å². The van der Waals surface area contributed by atoms with Crippen LogP contribution in [0.2, 0.25) is 0 Å². The molecule has 136 valence electrons. The van der Waals surface area contributed by atoms with E-state index >= 15 is 0 Å². The zero-order chi connectivity index (χ0) is 18.5. The first-order valence-electron chi connectivity index (χ1n) is 8.73. The predicted octanol–water partition coefficient (Wildman–Crippen LogP) is 1.67. The van der Waals surface area contributed by atoms with Crippen molar-refractivity contribution in [3.05, 3.63) is 47.9 Å². The lowest BCUT2D eigenvalue weighted by molar-refractivity contribution is -0.122. The number of hydrogen-bond acceptors (Lipinski definition) is 5. The van der Waals surface area contributed by atoms with Crippen LogP contribution in [-0.2, 0) is 16.0 Å². The summed E-state index contributed by atoms with van der Waals surface area (Å²) in [5.41, 5.74) is 7.85. The zero-order valence-electron chi connectivity index (χ0n) is 14.8. The Kier molecular flexibility index (Phi) is 5.46. The number of anilines is 2. The Bertz CT molecular complexity index is 774. The maximum Gasteiger partial charge on any atom is 0.228 e. The first kappa shape index (κ1) is 17.8. The molecule has 0 aliphatic carbocycles. The Morgan fingerprint density at radius 3 is 2.73 bits per heavy atom. The van der Waals surface area contributed by atoms with Gasteiger partial charge in [-0.3, -0.25) is 14.6 Å². The summed E-state index contributed by atoms with van der Waals surface area (Å²) in [7, 11) is 0. The molecule has 7 nitrogen and oxygen atoms in total. The van der Waals surface area contributed by atoms with Crippen LogP contribution in [-0.4, -0.2) is 34.9 Å². The van der Waals surface area contributed by atoms with Crippen molar-refractivity contribution in [2.45, 2.75) is 26.2 Å². The van der Waals surface area contributed by atoms with E-state index in [0.29, 0.717) is 12.2 Å². The second kappa shape index (κ2) is 7.95. The summed E-state index contributed by atoms with van der Waals surface area (Å²) < 4.78 is 0. The first-order chi connectivity index (χ1) is 12.5. The fourth-order valence-corrected chi connectivity index (χ4v) is 3.06. The highest BCUT2D eigenvalue weighted by molar-refractivity contribution is 5.92. The monoisotopic (exact) mass is 353 g/mol. The molecule has 3 N–H and O–H groups in total. The average Bonchev–Trinajstić information content (AvgIpc) is 2.64. The van der Waals surface area contributed by atoms with E-state index in [1.54, 1.807) is 12.4 Å². The quantitative estimate of drug-likeness (QED) is 0.851. The van der Waals surface area contributed by atoms with Crippen LogP contribution in [0.4, 0.5) is 11.5 Å². The largest absolute Gasteiger partial charge is 0.369 e. The molecule has 1 aliphatic heterocycles. The van der Waals surface area contributed by atoms with Crippen LogP contribution in [0.1, 0.15) is 24.1 Å². The Labute approximate surface area is 152 Å². The number of carbonyl (C=O) groups is 2. The molecule has 0 bridgehead atoms. The minimum Gasteiger partial charge on any atom is -0.369 e. The van der Waals surface area contributed by atoms with E-state index in [0.717, 1.165) is 36.5 Å². The normalized spacial score (nSPS) is 17.0. The lowest BCUT2D eigenvalue weighted by atomic mass is 9.97. The van der Waals surface area contributed by atoms with Crippen molar-refractivity contribution in [2.24, 2.45) is 11.7 Å². The Morgan fingerprint density at radius 2 is 2.08 bits per heavy atom. The average molecular weight is 353 g/mol. The number of piperidine rings is 1. The molecule has 3 heterocycles. The third-order valence-corrected chi connectivity index (χ3v) is 4.52. The van der Waals surface area contributed by atoms with Gasteiger partial charge in [-0.2, -0.15) is 0 Å². The second-order valence-electron chi connectivity index (χ2n) is 6.63. The molecule has 0 spiro atoms. The van der Waals surface area contributed by atoms with Gasteiger partial charge < -0.3 is 16.0 Å². The Morgan fingerprint density at radius 1 is 1.23 bits per heavy atom. The van der Waals surface area contributed by atoms with Gasteiger partial charge in [-0.15, -0.1) is 0 Å². The number of hydrogen-bond donors (Lipinski definition) is 2. The van der Waals surface area contributed by atoms with Gasteiger partial charge in [0.25, 0.3) is 0 Å². The molecule has 2 aromatic heterocycles. The smallest absolute Gasteiger partial charge is 0.228 e. The van der Waals surface area contributed by atoms with Crippen molar-refractivity contribution >= 4 is 23.3 Å². The number of aromatic nitrogens is 2. The number of nitrogens with zero attached hydrogens (tertiary/aromatic N) is 3. The molecule has 1 saturated heterocycles. The van der Waals surface area contributed by atoms with Crippen LogP contribution in [0.25, 0.3) is 0 Å². The number of rotatable bonds is 5. The van der Waals surface area contributed by atoms with Crippen molar-refractivity contribution in [3.8, 4) is 0 Å². The molecular weight excluding hydrogens is 330 g/mol. The van der Waals surface area contributed by atoms with Crippen LogP contribution in [0.5, 0.6) is 0 Å². The molecule has 0 aromatic carbocycles. The summed E-state index contributed by atoms with van der Waals surface area (Å²) in [6.07, 6.45) is 5.35. The molecule has 26 heavy (non-hydrogen) atoms. The van der Waals surface area contributed by atoms with Gasteiger partial charge in [-0.05, 0) is 43.5 Å². The highest BCUT2D eigenvalue weighted by atomic mass is 16.2. The molecule has 1 unspecified atom stereocenters. The highest BCUT2D eigenvalue weighted by Crippen LogP contribution is 2.22. The van der Waals surface area contributed by atoms with Gasteiger partial charge in [0, 0.05) is 25.0 Å².